The zero-order valence-electron chi connectivity index (χ0n) is 9.15. The molecule has 0 aromatic rings. The predicted octanol–water partition coefficient (Wildman–Crippen LogP) is 2.44. The number of hydrogen-bond acceptors (Lipinski definition) is 3. The van der Waals surface area contributed by atoms with E-state index in [1.54, 1.807) is 24.2 Å². The lowest BCUT2D eigenvalue weighted by Gasteiger charge is -2.06. The van der Waals surface area contributed by atoms with Crippen molar-refractivity contribution in [2.24, 2.45) is 5.73 Å². The summed E-state index contributed by atoms with van der Waals surface area (Å²) in [5, 5.41) is 0. The van der Waals surface area contributed by atoms with E-state index in [9.17, 15) is 4.79 Å². The molecule has 0 aromatic heterocycles. The molecule has 0 aromatic carbocycles. The molecule has 1 heterocycles. The van der Waals surface area contributed by atoms with E-state index in [1.807, 2.05) is 13.0 Å². The number of amides is 1. The fourth-order valence-electron chi connectivity index (χ4n) is 0.805. The van der Waals surface area contributed by atoms with E-state index >= 15 is 0 Å². The molecule has 1 aliphatic rings. The Morgan fingerprint density at radius 1 is 1.47 bits per heavy atom. The number of carbonyl (C=O) groups is 1. The first kappa shape index (κ1) is 14.3. The molecule has 0 saturated carbocycles. The first-order valence-electron chi connectivity index (χ1n) is 5.14. The standard InChI is InChI=1S/C7H11NO.C4H8OS/c1-2-3-4-5-6-7(8)9;1-2-4-6-5-3-1/h3-6H,2H2,1H3,(H2,8,9);1-4H2. The van der Waals surface area contributed by atoms with Gasteiger partial charge in [0.25, 0.3) is 0 Å². The second-order valence-electron chi connectivity index (χ2n) is 2.95. The highest BCUT2D eigenvalue weighted by molar-refractivity contribution is 7.94. The zero-order valence-corrected chi connectivity index (χ0v) is 9.96. The van der Waals surface area contributed by atoms with Crippen molar-refractivity contribution in [1.29, 1.82) is 0 Å². The second-order valence-corrected chi connectivity index (χ2v) is 3.83. The van der Waals surface area contributed by atoms with Gasteiger partial charge in [0.1, 0.15) is 0 Å². The fourth-order valence-corrected chi connectivity index (χ4v) is 1.48. The lowest BCUT2D eigenvalue weighted by Crippen LogP contribution is -2.04. The topological polar surface area (TPSA) is 52.3 Å². The normalized spacial score (nSPS) is 16.3. The maximum atomic E-state index is 10.1. The van der Waals surface area contributed by atoms with E-state index in [0.717, 1.165) is 13.0 Å². The lowest BCUT2D eigenvalue weighted by molar-refractivity contribution is -0.113. The van der Waals surface area contributed by atoms with Gasteiger partial charge in [0.2, 0.25) is 5.91 Å². The van der Waals surface area contributed by atoms with E-state index in [4.69, 9.17) is 9.92 Å². The van der Waals surface area contributed by atoms with Gasteiger partial charge >= 0.3 is 0 Å². The Balaban J connectivity index is 0.000000280. The minimum absolute atomic E-state index is 0.407. The van der Waals surface area contributed by atoms with Crippen molar-refractivity contribution in [1.82, 2.24) is 0 Å². The highest BCUT2D eigenvalue weighted by Crippen LogP contribution is 2.12. The van der Waals surface area contributed by atoms with Crippen LogP contribution in [0.2, 0.25) is 0 Å². The van der Waals surface area contributed by atoms with Gasteiger partial charge in [-0.2, -0.15) is 0 Å². The van der Waals surface area contributed by atoms with Gasteiger partial charge in [-0.15, -0.1) is 0 Å². The Bertz CT molecular complexity index is 199. The number of carbonyl (C=O) groups excluding carboxylic acids is 1. The van der Waals surface area contributed by atoms with Crippen LogP contribution in [0.3, 0.4) is 0 Å². The van der Waals surface area contributed by atoms with Crippen LogP contribution in [0.25, 0.3) is 0 Å². The molecule has 1 fully saturated rings. The van der Waals surface area contributed by atoms with Crippen molar-refractivity contribution in [3.8, 4) is 0 Å². The Hall–Kier alpha value is -0.740. The van der Waals surface area contributed by atoms with Gasteiger partial charge in [-0.1, -0.05) is 25.2 Å². The molecule has 0 spiro atoms. The van der Waals surface area contributed by atoms with Gasteiger partial charge in [0.15, 0.2) is 0 Å². The van der Waals surface area contributed by atoms with E-state index in [0.29, 0.717) is 0 Å². The van der Waals surface area contributed by atoms with E-state index in [1.165, 1.54) is 24.7 Å². The van der Waals surface area contributed by atoms with Crippen LogP contribution in [0.4, 0.5) is 0 Å². The number of hydrogen-bond donors (Lipinski definition) is 1. The summed E-state index contributed by atoms with van der Waals surface area (Å²) in [5.41, 5.74) is 4.82. The van der Waals surface area contributed by atoms with Crippen LogP contribution in [-0.2, 0) is 8.98 Å². The van der Waals surface area contributed by atoms with Crippen molar-refractivity contribution in [2.45, 2.75) is 26.2 Å². The van der Waals surface area contributed by atoms with Crippen LogP contribution in [-0.4, -0.2) is 18.3 Å². The number of nitrogens with two attached hydrogens (primary N) is 1. The molecule has 4 heteroatoms. The third-order valence-corrected chi connectivity index (χ3v) is 2.32. The van der Waals surface area contributed by atoms with Gasteiger partial charge in [0, 0.05) is 11.8 Å². The van der Waals surface area contributed by atoms with Gasteiger partial charge in [-0.25, -0.2) is 0 Å². The monoisotopic (exact) mass is 229 g/mol. The highest BCUT2D eigenvalue weighted by atomic mass is 32.2. The summed E-state index contributed by atoms with van der Waals surface area (Å²) >= 11 is 1.59. The van der Waals surface area contributed by atoms with Crippen molar-refractivity contribution in [2.75, 3.05) is 12.4 Å². The average Bonchev–Trinajstić information content (AvgIpc) is 2.28. The Morgan fingerprint density at radius 2 is 2.27 bits per heavy atom. The maximum Gasteiger partial charge on any atom is 0.241 e. The summed E-state index contributed by atoms with van der Waals surface area (Å²) in [7, 11) is 0. The SMILES string of the molecule is C1CCSOC1.CCC=CC=CC(N)=O. The average molecular weight is 229 g/mol. The highest BCUT2D eigenvalue weighted by Gasteiger charge is 1.96. The molecule has 2 N–H and O–H groups in total. The Morgan fingerprint density at radius 3 is 2.60 bits per heavy atom. The van der Waals surface area contributed by atoms with Gasteiger partial charge in [0.05, 0.1) is 6.61 Å². The zero-order chi connectivity index (χ0) is 11.4. The summed E-state index contributed by atoms with van der Waals surface area (Å²) in [6.07, 6.45) is 10.3. The number of primary amides is 1. The number of rotatable bonds is 3. The van der Waals surface area contributed by atoms with Crippen LogP contribution in [0.5, 0.6) is 0 Å². The Labute approximate surface area is 96.0 Å². The molecule has 0 unspecified atom stereocenters. The third kappa shape index (κ3) is 13.3. The van der Waals surface area contributed by atoms with Crippen molar-refractivity contribution < 1.29 is 8.98 Å². The van der Waals surface area contributed by atoms with Crippen LogP contribution in [0, 0.1) is 0 Å². The van der Waals surface area contributed by atoms with Crippen LogP contribution >= 0.6 is 12.0 Å². The molecule has 86 valence electrons. The Kier molecular flexibility index (Phi) is 10.8. The molecule has 0 bridgehead atoms. The molecular weight excluding hydrogens is 210 g/mol. The first-order valence-corrected chi connectivity index (χ1v) is 6.05. The van der Waals surface area contributed by atoms with E-state index in [-0.39, 0.29) is 0 Å². The largest absolute Gasteiger partial charge is 0.366 e. The molecule has 0 aliphatic carbocycles. The van der Waals surface area contributed by atoms with Crippen molar-refractivity contribution >= 4 is 17.9 Å². The summed E-state index contributed by atoms with van der Waals surface area (Å²) in [5.74, 6) is 0.788. The molecule has 1 saturated heterocycles. The molecule has 1 amide bonds. The van der Waals surface area contributed by atoms with Crippen molar-refractivity contribution in [3.63, 3.8) is 0 Å². The molecule has 3 nitrogen and oxygen atoms in total. The number of allylic oxidation sites excluding steroid dienone is 3. The smallest absolute Gasteiger partial charge is 0.241 e. The fraction of sp³-hybridized carbons (Fsp3) is 0.545. The van der Waals surface area contributed by atoms with E-state index in [2.05, 4.69) is 0 Å². The lowest BCUT2D eigenvalue weighted by atomic mass is 10.4. The van der Waals surface area contributed by atoms with Gasteiger partial charge < -0.3 is 9.92 Å². The molecular formula is C11H19NO2S. The van der Waals surface area contributed by atoms with Crippen LogP contribution in [0.1, 0.15) is 26.2 Å². The predicted molar refractivity (Wildman–Crippen MR) is 65.4 cm³/mol. The quantitative estimate of drug-likeness (QED) is 0.459. The van der Waals surface area contributed by atoms with Crippen LogP contribution in [0.15, 0.2) is 24.3 Å². The second kappa shape index (κ2) is 11.3. The molecule has 0 radical (unpaired) electrons. The summed E-state index contributed by atoms with van der Waals surface area (Å²) in [6.45, 7) is 2.99. The first-order chi connectivity index (χ1) is 7.27. The maximum absolute atomic E-state index is 10.1. The summed E-state index contributed by atoms with van der Waals surface area (Å²) in [6, 6.07) is 0. The summed E-state index contributed by atoms with van der Waals surface area (Å²) < 4.78 is 4.99. The minimum Gasteiger partial charge on any atom is -0.366 e. The van der Waals surface area contributed by atoms with Crippen LogP contribution < -0.4 is 5.73 Å². The third-order valence-electron chi connectivity index (χ3n) is 1.53. The molecule has 0 atom stereocenters. The summed E-state index contributed by atoms with van der Waals surface area (Å²) in [4.78, 5) is 10.1. The van der Waals surface area contributed by atoms with Gasteiger partial charge in [-0.3, -0.25) is 4.79 Å². The van der Waals surface area contributed by atoms with Gasteiger partial charge in [-0.05, 0) is 31.3 Å². The molecule has 1 aliphatic heterocycles. The van der Waals surface area contributed by atoms with Crippen molar-refractivity contribution in [3.05, 3.63) is 24.3 Å². The molecule has 1 rings (SSSR count). The molecule has 15 heavy (non-hydrogen) atoms. The minimum atomic E-state index is -0.407. The van der Waals surface area contributed by atoms with E-state index < -0.39 is 5.91 Å².